The van der Waals surface area contributed by atoms with E-state index in [1.165, 1.54) is 148 Å². The van der Waals surface area contributed by atoms with Gasteiger partial charge >= 0.3 is 0 Å². The Bertz CT molecular complexity index is 906. The van der Waals surface area contributed by atoms with Gasteiger partial charge < -0.3 is 45.4 Å². The molecule has 332 valence electrons. The lowest BCUT2D eigenvalue weighted by Crippen LogP contribution is -2.60. The normalized spacial score (nSPS) is 21.8. The van der Waals surface area contributed by atoms with Crippen molar-refractivity contribution in [2.24, 2.45) is 0 Å². The lowest BCUT2D eigenvalue weighted by atomic mass is 9.99. The highest BCUT2D eigenvalue weighted by molar-refractivity contribution is 5.80. The number of hydrogen-bond acceptors (Lipinski definition) is 9. The number of unbranched alkanes of at least 4 members (excludes halogenated alkanes) is 28. The molecule has 0 saturated carbocycles. The molecule has 1 aliphatic heterocycles. The van der Waals surface area contributed by atoms with Crippen LogP contribution in [0.25, 0.3) is 0 Å². The molecule has 1 aliphatic rings. The Morgan fingerprint density at radius 1 is 0.607 bits per heavy atom. The zero-order chi connectivity index (χ0) is 41.1. The highest BCUT2D eigenvalue weighted by atomic mass is 16.7. The summed E-state index contributed by atoms with van der Waals surface area (Å²) in [5.74, 6) is -0.614. The molecule has 0 aliphatic carbocycles. The molecule has 0 aromatic rings. The monoisotopic (exact) mass is 800 g/mol. The SMILES string of the molecule is CCCCCCCCCCCCC=CC(O)C(COC1OC(CO)C(O)C(O)C1O)NC(=O)C(O)CCCCCCCCCCCCCCCCCCCCC. The summed E-state index contributed by atoms with van der Waals surface area (Å²) in [6.07, 6.45) is 31.6. The van der Waals surface area contributed by atoms with Gasteiger partial charge in [-0.05, 0) is 19.3 Å². The van der Waals surface area contributed by atoms with Crippen molar-refractivity contribution in [1.29, 1.82) is 0 Å². The van der Waals surface area contributed by atoms with Gasteiger partial charge in [-0.1, -0.05) is 206 Å². The van der Waals surface area contributed by atoms with Crippen LogP contribution in [0.15, 0.2) is 12.2 Å². The summed E-state index contributed by atoms with van der Waals surface area (Å²) in [5, 5.41) is 64.6. The maximum Gasteiger partial charge on any atom is 0.249 e. The van der Waals surface area contributed by atoms with Crippen molar-refractivity contribution in [2.75, 3.05) is 13.2 Å². The largest absolute Gasteiger partial charge is 0.394 e. The van der Waals surface area contributed by atoms with Gasteiger partial charge in [-0.25, -0.2) is 0 Å². The summed E-state index contributed by atoms with van der Waals surface area (Å²) in [5.41, 5.74) is 0. The molecular weight excluding hydrogens is 711 g/mol. The van der Waals surface area contributed by atoms with E-state index in [1.807, 2.05) is 6.08 Å². The third-order valence-electron chi connectivity index (χ3n) is 11.5. The second-order valence-electron chi connectivity index (χ2n) is 16.7. The number of hydrogen-bond donors (Lipinski definition) is 7. The molecule has 8 atom stereocenters. The Morgan fingerprint density at radius 2 is 1.02 bits per heavy atom. The van der Waals surface area contributed by atoms with Crippen LogP contribution in [-0.2, 0) is 14.3 Å². The quantitative estimate of drug-likeness (QED) is 0.0238. The van der Waals surface area contributed by atoms with Gasteiger partial charge in [0.1, 0.15) is 30.5 Å². The number of carbonyl (C=O) groups is 1. The highest BCUT2D eigenvalue weighted by Crippen LogP contribution is 2.23. The first kappa shape index (κ1) is 52.9. The molecule has 7 N–H and O–H groups in total. The van der Waals surface area contributed by atoms with Crippen molar-refractivity contribution in [3.63, 3.8) is 0 Å². The van der Waals surface area contributed by atoms with E-state index < -0.39 is 61.5 Å². The van der Waals surface area contributed by atoms with Gasteiger partial charge in [0.05, 0.1) is 25.4 Å². The highest BCUT2D eigenvalue weighted by Gasteiger charge is 2.44. The van der Waals surface area contributed by atoms with E-state index >= 15 is 0 Å². The van der Waals surface area contributed by atoms with Crippen LogP contribution in [-0.4, -0.2) is 98.7 Å². The van der Waals surface area contributed by atoms with Gasteiger partial charge in [0.15, 0.2) is 6.29 Å². The van der Waals surface area contributed by atoms with Crippen molar-refractivity contribution in [1.82, 2.24) is 5.32 Å². The van der Waals surface area contributed by atoms with Crippen molar-refractivity contribution in [2.45, 2.75) is 262 Å². The Balaban J connectivity index is 2.36. The van der Waals surface area contributed by atoms with Gasteiger partial charge in [0.2, 0.25) is 5.91 Å². The van der Waals surface area contributed by atoms with Crippen LogP contribution in [0.1, 0.15) is 213 Å². The lowest BCUT2D eigenvalue weighted by molar-refractivity contribution is -0.302. The van der Waals surface area contributed by atoms with E-state index in [1.54, 1.807) is 6.08 Å². The minimum atomic E-state index is -1.61. The first-order valence-electron chi connectivity index (χ1n) is 23.5. The van der Waals surface area contributed by atoms with E-state index in [2.05, 4.69) is 19.2 Å². The molecule has 10 heteroatoms. The Morgan fingerprint density at radius 3 is 1.45 bits per heavy atom. The number of nitrogens with one attached hydrogen (secondary N) is 1. The van der Waals surface area contributed by atoms with E-state index in [0.29, 0.717) is 6.42 Å². The predicted molar refractivity (Wildman–Crippen MR) is 227 cm³/mol. The van der Waals surface area contributed by atoms with E-state index in [4.69, 9.17) is 9.47 Å². The third kappa shape index (κ3) is 26.8. The molecule has 0 aromatic carbocycles. The van der Waals surface area contributed by atoms with Gasteiger partial charge in [0, 0.05) is 0 Å². The van der Waals surface area contributed by atoms with E-state index in [-0.39, 0.29) is 6.61 Å². The first-order chi connectivity index (χ1) is 27.3. The van der Waals surface area contributed by atoms with Crippen LogP contribution >= 0.6 is 0 Å². The molecule has 1 fully saturated rings. The van der Waals surface area contributed by atoms with Crippen LogP contribution in [0.2, 0.25) is 0 Å². The minimum absolute atomic E-state index is 0.301. The van der Waals surface area contributed by atoms with Gasteiger partial charge in [0.25, 0.3) is 0 Å². The number of allylic oxidation sites excluding steroid dienone is 1. The van der Waals surface area contributed by atoms with Crippen molar-refractivity contribution < 1.29 is 44.9 Å². The summed E-state index contributed by atoms with van der Waals surface area (Å²) in [6, 6.07) is -0.974. The second kappa shape index (κ2) is 36.9. The summed E-state index contributed by atoms with van der Waals surface area (Å²) in [4.78, 5) is 13.0. The third-order valence-corrected chi connectivity index (χ3v) is 11.5. The molecule has 0 aromatic heterocycles. The molecule has 0 bridgehead atoms. The molecule has 10 nitrogen and oxygen atoms in total. The smallest absolute Gasteiger partial charge is 0.249 e. The van der Waals surface area contributed by atoms with Crippen LogP contribution in [0, 0.1) is 0 Å². The van der Waals surface area contributed by atoms with Crippen LogP contribution in [0.4, 0.5) is 0 Å². The molecular formula is C46H89NO9. The Hall–Kier alpha value is -1.11. The Labute approximate surface area is 342 Å². The number of amides is 1. The van der Waals surface area contributed by atoms with Gasteiger partial charge in [-0.15, -0.1) is 0 Å². The maximum atomic E-state index is 13.0. The van der Waals surface area contributed by atoms with Crippen molar-refractivity contribution >= 4 is 5.91 Å². The number of aliphatic hydroxyl groups excluding tert-OH is 6. The number of aliphatic hydroxyl groups is 6. The average molecular weight is 800 g/mol. The molecule has 0 radical (unpaired) electrons. The second-order valence-corrected chi connectivity index (χ2v) is 16.7. The average Bonchev–Trinajstić information content (AvgIpc) is 3.20. The van der Waals surface area contributed by atoms with Gasteiger partial charge in [-0.3, -0.25) is 4.79 Å². The lowest BCUT2D eigenvalue weighted by Gasteiger charge is -2.40. The molecule has 0 spiro atoms. The molecule has 1 heterocycles. The number of carbonyl (C=O) groups excluding carboxylic acids is 1. The molecule has 56 heavy (non-hydrogen) atoms. The van der Waals surface area contributed by atoms with Crippen LogP contribution in [0.5, 0.6) is 0 Å². The van der Waals surface area contributed by atoms with Crippen LogP contribution in [0.3, 0.4) is 0 Å². The molecule has 1 amide bonds. The number of rotatable bonds is 39. The van der Waals surface area contributed by atoms with E-state index in [9.17, 15) is 35.4 Å². The summed E-state index contributed by atoms with van der Waals surface area (Å²) >= 11 is 0. The van der Waals surface area contributed by atoms with Crippen molar-refractivity contribution in [3.8, 4) is 0 Å². The Kier molecular flexibility index (Phi) is 34.9. The first-order valence-corrected chi connectivity index (χ1v) is 23.5. The zero-order valence-corrected chi connectivity index (χ0v) is 36.0. The molecule has 8 unspecified atom stereocenters. The standard InChI is InChI=1S/C46H89NO9/c1-3-5-7-9-11-13-15-17-18-19-20-21-22-23-25-27-29-31-33-35-40(50)45(54)47-38(37-55-46-44(53)43(52)42(51)41(36-48)56-46)39(49)34-32-30-28-26-24-16-14-12-10-8-6-4-2/h32,34,38-44,46,48-53H,3-31,33,35-37H2,1-2H3,(H,47,54). The zero-order valence-electron chi connectivity index (χ0n) is 36.0. The fourth-order valence-electron chi connectivity index (χ4n) is 7.57. The van der Waals surface area contributed by atoms with Crippen LogP contribution < -0.4 is 5.32 Å². The predicted octanol–water partition coefficient (Wildman–Crippen LogP) is 8.70. The van der Waals surface area contributed by atoms with Crippen molar-refractivity contribution in [3.05, 3.63) is 12.2 Å². The molecule has 1 rings (SSSR count). The topological polar surface area (TPSA) is 169 Å². The summed E-state index contributed by atoms with van der Waals surface area (Å²) in [7, 11) is 0. The number of ether oxygens (including phenoxy) is 2. The fraction of sp³-hybridized carbons (Fsp3) is 0.935. The fourth-order valence-corrected chi connectivity index (χ4v) is 7.57. The van der Waals surface area contributed by atoms with E-state index in [0.717, 1.165) is 44.9 Å². The minimum Gasteiger partial charge on any atom is -0.394 e. The maximum absolute atomic E-state index is 13.0. The summed E-state index contributed by atoms with van der Waals surface area (Å²) in [6.45, 7) is 3.61. The summed E-state index contributed by atoms with van der Waals surface area (Å²) < 4.78 is 11.1. The van der Waals surface area contributed by atoms with Gasteiger partial charge in [-0.2, -0.15) is 0 Å². The molecule has 1 saturated heterocycles.